The number of nitrogens with two attached hydrogens (primary N) is 3. The molecule has 0 heterocycles. The Balaban J connectivity index is 4.68. The molecule has 0 spiro atoms. The molecule has 3 amide bonds. The Morgan fingerprint density at radius 3 is 2.16 bits per heavy atom. The van der Waals surface area contributed by atoms with E-state index < -0.39 is 47.9 Å². The Bertz CT molecular complexity index is 646. The standard InChI is InChI=1S/C17H33N7O5S2/c1-9(22-14(26)10(18)4-3-6-21-17(19)20)13(25)24-12(8-30)15(27)23-11(16(28)29)5-7-31-2/h9-12,30H,3-8,18H2,1-2H3,(H,22,26)(H,23,27)(H,24,25)(H,28,29)(H4,19,20,21). The van der Waals surface area contributed by atoms with Crippen LogP contribution in [0, 0.1) is 0 Å². The quantitative estimate of drug-likeness (QED) is 0.0543. The van der Waals surface area contributed by atoms with Gasteiger partial charge in [0, 0.05) is 12.3 Å². The molecule has 0 aromatic rings. The zero-order valence-corrected chi connectivity index (χ0v) is 19.4. The summed E-state index contributed by atoms with van der Waals surface area (Å²) in [6, 6.07) is -3.98. The molecule has 14 heteroatoms. The number of guanidine groups is 1. The number of carbonyl (C=O) groups is 4. The lowest BCUT2D eigenvalue weighted by molar-refractivity contribution is -0.142. The minimum absolute atomic E-state index is 0.0509. The van der Waals surface area contributed by atoms with Crippen LogP contribution in [0.2, 0.25) is 0 Å². The molecule has 0 saturated heterocycles. The fourth-order valence-electron chi connectivity index (χ4n) is 2.29. The number of rotatable bonds is 15. The van der Waals surface area contributed by atoms with E-state index in [1.54, 1.807) is 0 Å². The number of nitrogens with one attached hydrogen (secondary N) is 3. The smallest absolute Gasteiger partial charge is 0.326 e. The highest BCUT2D eigenvalue weighted by molar-refractivity contribution is 7.98. The van der Waals surface area contributed by atoms with Crippen molar-refractivity contribution in [3.63, 3.8) is 0 Å². The highest BCUT2D eigenvalue weighted by Crippen LogP contribution is 2.02. The average Bonchev–Trinajstić information content (AvgIpc) is 2.71. The Hall–Kier alpha value is -2.19. The van der Waals surface area contributed by atoms with E-state index in [4.69, 9.17) is 17.2 Å². The molecule has 0 saturated carbocycles. The van der Waals surface area contributed by atoms with E-state index in [9.17, 15) is 24.3 Å². The first-order valence-electron chi connectivity index (χ1n) is 9.58. The molecule has 0 aliphatic carbocycles. The number of amides is 3. The summed E-state index contributed by atoms with van der Waals surface area (Å²) in [7, 11) is 0. The van der Waals surface area contributed by atoms with Gasteiger partial charge in [-0.15, -0.1) is 0 Å². The molecular formula is C17H33N7O5S2. The molecule has 0 aromatic heterocycles. The van der Waals surface area contributed by atoms with Crippen LogP contribution in [0.3, 0.4) is 0 Å². The van der Waals surface area contributed by atoms with Crippen molar-refractivity contribution in [2.24, 2.45) is 22.2 Å². The number of thioether (sulfide) groups is 1. The molecule has 0 aliphatic rings. The van der Waals surface area contributed by atoms with Crippen molar-refractivity contribution in [1.29, 1.82) is 0 Å². The van der Waals surface area contributed by atoms with Crippen LogP contribution in [0.25, 0.3) is 0 Å². The van der Waals surface area contributed by atoms with Crippen LogP contribution in [-0.4, -0.2) is 83.2 Å². The number of aliphatic carboxylic acids is 1. The lowest BCUT2D eigenvalue weighted by Gasteiger charge is -2.22. The van der Waals surface area contributed by atoms with Gasteiger partial charge in [0.05, 0.1) is 6.04 Å². The zero-order chi connectivity index (χ0) is 24.0. The van der Waals surface area contributed by atoms with Crippen molar-refractivity contribution in [1.82, 2.24) is 16.0 Å². The lowest BCUT2D eigenvalue weighted by Crippen LogP contribution is -2.57. The zero-order valence-electron chi connectivity index (χ0n) is 17.7. The van der Waals surface area contributed by atoms with Gasteiger partial charge in [-0.3, -0.25) is 19.4 Å². The molecule has 4 unspecified atom stereocenters. The van der Waals surface area contributed by atoms with Gasteiger partial charge >= 0.3 is 5.97 Å². The normalized spacial score (nSPS) is 14.5. The number of thiol groups is 1. The van der Waals surface area contributed by atoms with E-state index in [1.165, 1.54) is 18.7 Å². The number of carbonyl (C=O) groups excluding carboxylic acids is 3. The first kappa shape index (κ1) is 28.8. The summed E-state index contributed by atoms with van der Waals surface area (Å²) in [5.74, 6) is -2.58. The summed E-state index contributed by atoms with van der Waals surface area (Å²) < 4.78 is 0. The third-order valence-electron chi connectivity index (χ3n) is 4.10. The first-order valence-corrected chi connectivity index (χ1v) is 11.6. The maximum atomic E-state index is 12.4. The van der Waals surface area contributed by atoms with E-state index in [-0.39, 0.29) is 18.1 Å². The van der Waals surface area contributed by atoms with Crippen LogP contribution >= 0.6 is 24.4 Å². The van der Waals surface area contributed by atoms with E-state index in [1.807, 2.05) is 6.26 Å². The van der Waals surface area contributed by atoms with Crippen LogP contribution in [0.5, 0.6) is 0 Å². The number of hydrogen-bond donors (Lipinski definition) is 8. The predicted molar refractivity (Wildman–Crippen MR) is 124 cm³/mol. The van der Waals surface area contributed by atoms with Gasteiger partial charge in [-0.05, 0) is 38.2 Å². The van der Waals surface area contributed by atoms with Crippen LogP contribution in [-0.2, 0) is 19.2 Å². The van der Waals surface area contributed by atoms with E-state index >= 15 is 0 Å². The monoisotopic (exact) mass is 479 g/mol. The van der Waals surface area contributed by atoms with E-state index in [0.717, 1.165) is 0 Å². The molecule has 0 fully saturated rings. The fourth-order valence-corrected chi connectivity index (χ4v) is 3.02. The summed E-state index contributed by atoms with van der Waals surface area (Å²) >= 11 is 5.50. The van der Waals surface area contributed by atoms with Gasteiger partial charge in [0.15, 0.2) is 5.96 Å². The van der Waals surface area contributed by atoms with Crippen LogP contribution < -0.4 is 33.2 Å². The molecule has 0 rings (SSSR count). The molecule has 4 atom stereocenters. The molecule has 0 aromatic carbocycles. The highest BCUT2D eigenvalue weighted by Gasteiger charge is 2.27. The van der Waals surface area contributed by atoms with Crippen LogP contribution in [0.4, 0.5) is 0 Å². The molecule has 12 nitrogen and oxygen atoms in total. The van der Waals surface area contributed by atoms with E-state index in [0.29, 0.717) is 25.1 Å². The Morgan fingerprint density at radius 2 is 1.65 bits per heavy atom. The predicted octanol–water partition coefficient (Wildman–Crippen LogP) is -2.39. The molecule has 0 aliphatic heterocycles. The summed E-state index contributed by atoms with van der Waals surface area (Å²) in [4.78, 5) is 51.9. The number of carboxylic acids is 1. The van der Waals surface area contributed by atoms with Gasteiger partial charge in [-0.25, -0.2) is 4.79 Å². The first-order chi connectivity index (χ1) is 14.5. The molecule has 31 heavy (non-hydrogen) atoms. The number of hydrogen-bond acceptors (Lipinski definition) is 8. The van der Waals surface area contributed by atoms with Crippen molar-refractivity contribution < 1.29 is 24.3 Å². The second-order valence-corrected chi connectivity index (χ2v) is 8.06. The molecule has 10 N–H and O–H groups in total. The summed E-state index contributed by atoms with van der Waals surface area (Å²) in [5, 5.41) is 16.5. The maximum absolute atomic E-state index is 12.4. The highest BCUT2D eigenvalue weighted by atomic mass is 32.2. The Morgan fingerprint density at radius 1 is 1.03 bits per heavy atom. The van der Waals surface area contributed by atoms with Crippen molar-refractivity contribution in [2.75, 3.05) is 24.3 Å². The van der Waals surface area contributed by atoms with Crippen molar-refractivity contribution in [3.05, 3.63) is 0 Å². The van der Waals surface area contributed by atoms with Crippen LogP contribution in [0.15, 0.2) is 4.99 Å². The Labute approximate surface area is 191 Å². The maximum Gasteiger partial charge on any atom is 0.326 e. The largest absolute Gasteiger partial charge is 0.480 e. The number of carboxylic acid groups (broad SMARTS) is 1. The molecule has 0 radical (unpaired) electrons. The summed E-state index contributed by atoms with van der Waals surface area (Å²) in [6.07, 6.45) is 2.85. The van der Waals surface area contributed by atoms with Crippen molar-refractivity contribution in [3.8, 4) is 0 Å². The minimum Gasteiger partial charge on any atom is -0.480 e. The summed E-state index contributed by atoms with van der Waals surface area (Å²) in [6.45, 7) is 1.76. The average molecular weight is 480 g/mol. The van der Waals surface area contributed by atoms with Gasteiger partial charge < -0.3 is 38.3 Å². The minimum atomic E-state index is -1.17. The van der Waals surface area contributed by atoms with Crippen LogP contribution in [0.1, 0.15) is 26.2 Å². The number of aliphatic imine (C=N–C) groups is 1. The van der Waals surface area contributed by atoms with Gasteiger partial charge in [0.2, 0.25) is 17.7 Å². The van der Waals surface area contributed by atoms with Gasteiger partial charge in [0.25, 0.3) is 0 Å². The fraction of sp³-hybridized carbons (Fsp3) is 0.706. The van der Waals surface area contributed by atoms with Crippen molar-refractivity contribution in [2.45, 2.75) is 50.4 Å². The van der Waals surface area contributed by atoms with Gasteiger partial charge in [-0.1, -0.05) is 0 Å². The third-order valence-corrected chi connectivity index (χ3v) is 5.11. The van der Waals surface area contributed by atoms with Gasteiger partial charge in [-0.2, -0.15) is 24.4 Å². The second-order valence-electron chi connectivity index (χ2n) is 6.71. The van der Waals surface area contributed by atoms with E-state index in [2.05, 4.69) is 33.6 Å². The Kier molecular flexibility index (Phi) is 14.5. The summed E-state index contributed by atoms with van der Waals surface area (Å²) in [5.41, 5.74) is 16.2. The molecule has 178 valence electrons. The second kappa shape index (κ2) is 15.6. The number of nitrogens with zero attached hydrogens (tertiary/aromatic N) is 1. The van der Waals surface area contributed by atoms with Crippen molar-refractivity contribution >= 4 is 54.0 Å². The third kappa shape index (κ3) is 12.3. The SMILES string of the molecule is CSCCC(NC(=O)C(CS)NC(=O)C(C)NC(=O)C(N)CCCN=C(N)N)C(=O)O. The molecule has 0 bridgehead atoms. The topological polar surface area (TPSA) is 215 Å². The van der Waals surface area contributed by atoms with Gasteiger partial charge in [0.1, 0.15) is 18.1 Å². The molecular weight excluding hydrogens is 446 g/mol. The lowest BCUT2D eigenvalue weighted by atomic mass is 10.1.